The molecule has 0 unspecified atom stereocenters. The summed E-state index contributed by atoms with van der Waals surface area (Å²) in [6, 6.07) is 10.1. The van der Waals surface area contributed by atoms with Gasteiger partial charge >= 0.3 is 0 Å². The van der Waals surface area contributed by atoms with Crippen LogP contribution in [0, 0.1) is 0 Å². The third-order valence-corrected chi connectivity index (χ3v) is 6.04. The Kier molecular flexibility index (Phi) is 6.18. The first kappa shape index (κ1) is 17.9. The van der Waals surface area contributed by atoms with Crippen LogP contribution in [0.5, 0.6) is 0 Å². The fourth-order valence-corrected chi connectivity index (χ4v) is 3.96. The van der Waals surface area contributed by atoms with Crippen molar-refractivity contribution < 1.29 is 13.2 Å². The van der Waals surface area contributed by atoms with Crippen LogP contribution in [-0.4, -0.2) is 61.3 Å². The van der Waals surface area contributed by atoms with Crippen molar-refractivity contribution in [3.8, 4) is 0 Å². The second-order valence-electron chi connectivity index (χ2n) is 6.19. The molecular weight excluding hydrogens is 312 g/mol. The molecule has 5 nitrogen and oxygen atoms in total. The molecule has 0 N–H and O–H groups in total. The van der Waals surface area contributed by atoms with E-state index in [2.05, 4.69) is 13.8 Å². The predicted octanol–water partition coefficient (Wildman–Crippen LogP) is 1.54. The van der Waals surface area contributed by atoms with E-state index in [9.17, 15) is 13.2 Å². The molecule has 6 heteroatoms. The number of hydrogen-bond acceptors (Lipinski definition) is 4. The molecule has 1 saturated heterocycles. The summed E-state index contributed by atoms with van der Waals surface area (Å²) >= 11 is 0. The minimum atomic E-state index is -2.91. The molecule has 23 heavy (non-hydrogen) atoms. The fourth-order valence-electron chi connectivity index (χ4n) is 2.68. The Labute approximate surface area is 139 Å². The molecule has 1 atom stereocenters. The van der Waals surface area contributed by atoms with Crippen molar-refractivity contribution in [2.45, 2.75) is 32.9 Å². The van der Waals surface area contributed by atoms with Gasteiger partial charge in [0.05, 0.1) is 18.1 Å². The second kappa shape index (κ2) is 7.93. The van der Waals surface area contributed by atoms with Crippen LogP contribution in [0.2, 0.25) is 0 Å². The molecule has 0 bridgehead atoms. The van der Waals surface area contributed by atoms with Gasteiger partial charge in [-0.05, 0) is 18.9 Å². The molecule has 1 heterocycles. The Morgan fingerprint density at radius 3 is 2.39 bits per heavy atom. The summed E-state index contributed by atoms with van der Waals surface area (Å²) in [6.07, 6.45) is 0.896. The maximum Gasteiger partial charge on any atom is 0.237 e. The Morgan fingerprint density at radius 1 is 1.22 bits per heavy atom. The molecule has 1 aliphatic heterocycles. The summed E-state index contributed by atoms with van der Waals surface area (Å²) in [6.45, 7) is 5.93. The highest BCUT2D eigenvalue weighted by Crippen LogP contribution is 2.12. The molecule has 1 fully saturated rings. The number of carbonyl (C=O) groups excluding carboxylic acids is 1. The smallest absolute Gasteiger partial charge is 0.237 e. The van der Waals surface area contributed by atoms with E-state index in [-0.39, 0.29) is 23.5 Å². The topological polar surface area (TPSA) is 57.7 Å². The highest BCUT2D eigenvalue weighted by atomic mass is 32.2. The van der Waals surface area contributed by atoms with Gasteiger partial charge in [-0.1, -0.05) is 37.3 Å². The quantitative estimate of drug-likeness (QED) is 0.789. The van der Waals surface area contributed by atoms with Gasteiger partial charge < -0.3 is 4.90 Å². The monoisotopic (exact) mass is 338 g/mol. The first-order valence-corrected chi connectivity index (χ1v) is 9.99. The SMILES string of the molecule is CC[C@H](C)N(Cc1ccccc1)C(=O)CN1CCS(=O)(=O)CC1. The first-order valence-electron chi connectivity index (χ1n) is 8.17. The van der Waals surface area contributed by atoms with E-state index in [4.69, 9.17) is 0 Å². The fraction of sp³-hybridized carbons (Fsp3) is 0.588. The molecule has 128 valence electrons. The van der Waals surface area contributed by atoms with Gasteiger partial charge in [-0.15, -0.1) is 0 Å². The standard InChI is InChI=1S/C17H26N2O3S/c1-3-15(2)19(13-16-7-5-4-6-8-16)17(20)14-18-9-11-23(21,22)12-10-18/h4-8,15H,3,9-14H2,1-2H3/t15-/m0/s1. The normalized spacial score (nSPS) is 19.2. The average molecular weight is 338 g/mol. The van der Waals surface area contributed by atoms with Gasteiger partial charge in [0.1, 0.15) is 0 Å². The van der Waals surface area contributed by atoms with Crippen molar-refractivity contribution in [1.29, 1.82) is 0 Å². The third kappa shape index (κ3) is 5.32. The van der Waals surface area contributed by atoms with E-state index >= 15 is 0 Å². The van der Waals surface area contributed by atoms with Gasteiger partial charge in [-0.3, -0.25) is 9.69 Å². The molecule has 0 aliphatic carbocycles. The first-order chi connectivity index (χ1) is 10.9. The number of nitrogens with zero attached hydrogens (tertiary/aromatic N) is 2. The molecule has 1 aliphatic rings. The predicted molar refractivity (Wildman–Crippen MR) is 91.8 cm³/mol. The lowest BCUT2D eigenvalue weighted by atomic mass is 10.1. The summed E-state index contributed by atoms with van der Waals surface area (Å²) in [7, 11) is -2.91. The molecular formula is C17H26N2O3S. The van der Waals surface area contributed by atoms with E-state index < -0.39 is 9.84 Å². The molecule has 1 aromatic carbocycles. The number of hydrogen-bond donors (Lipinski definition) is 0. The number of amides is 1. The van der Waals surface area contributed by atoms with Crippen LogP contribution in [0.25, 0.3) is 0 Å². The Morgan fingerprint density at radius 2 is 1.83 bits per heavy atom. The van der Waals surface area contributed by atoms with Gasteiger partial charge in [0.15, 0.2) is 9.84 Å². The summed E-state index contributed by atoms with van der Waals surface area (Å²) in [5, 5.41) is 0. The van der Waals surface area contributed by atoms with Crippen molar-refractivity contribution >= 4 is 15.7 Å². The van der Waals surface area contributed by atoms with Gasteiger partial charge in [0, 0.05) is 25.7 Å². The zero-order valence-electron chi connectivity index (χ0n) is 13.9. The lowest BCUT2D eigenvalue weighted by molar-refractivity contribution is -0.135. The van der Waals surface area contributed by atoms with Crippen LogP contribution >= 0.6 is 0 Å². The molecule has 1 amide bonds. The molecule has 0 spiro atoms. The Hall–Kier alpha value is -1.40. The summed E-state index contributed by atoms with van der Waals surface area (Å²) in [5.74, 6) is 0.382. The van der Waals surface area contributed by atoms with Crippen LogP contribution < -0.4 is 0 Å². The van der Waals surface area contributed by atoms with Gasteiger partial charge in [-0.2, -0.15) is 0 Å². The van der Waals surface area contributed by atoms with Gasteiger partial charge in [0.25, 0.3) is 0 Å². The number of carbonyl (C=O) groups is 1. The summed E-state index contributed by atoms with van der Waals surface area (Å²) < 4.78 is 23.0. The zero-order valence-corrected chi connectivity index (χ0v) is 14.8. The number of rotatable bonds is 6. The van der Waals surface area contributed by atoms with Crippen LogP contribution in [0.15, 0.2) is 30.3 Å². The minimum Gasteiger partial charge on any atom is -0.335 e. The molecule has 0 radical (unpaired) electrons. The minimum absolute atomic E-state index is 0.0718. The van der Waals surface area contributed by atoms with E-state index in [0.717, 1.165) is 12.0 Å². The van der Waals surface area contributed by atoms with E-state index in [1.807, 2.05) is 40.1 Å². The third-order valence-electron chi connectivity index (χ3n) is 4.43. The van der Waals surface area contributed by atoms with Crippen LogP contribution in [-0.2, 0) is 21.2 Å². The van der Waals surface area contributed by atoms with Crippen LogP contribution in [0.1, 0.15) is 25.8 Å². The Balaban J connectivity index is 1.99. The summed E-state index contributed by atoms with van der Waals surface area (Å²) in [4.78, 5) is 16.6. The summed E-state index contributed by atoms with van der Waals surface area (Å²) in [5.41, 5.74) is 1.11. The highest BCUT2D eigenvalue weighted by Gasteiger charge is 2.26. The van der Waals surface area contributed by atoms with Crippen molar-refractivity contribution in [2.24, 2.45) is 0 Å². The second-order valence-corrected chi connectivity index (χ2v) is 8.50. The average Bonchev–Trinajstić information content (AvgIpc) is 2.54. The molecule has 0 aromatic heterocycles. The lowest BCUT2D eigenvalue weighted by Gasteiger charge is -2.32. The van der Waals surface area contributed by atoms with Gasteiger partial charge in [-0.25, -0.2) is 8.42 Å². The van der Waals surface area contributed by atoms with Crippen molar-refractivity contribution in [3.05, 3.63) is 35.9 Å². The van der Waals surface area contributed by atoms with Crippen LogP contribution in [0.4, 0.5) is 0 Å². The molecule has 0 saturated carbocycles. The number of sulfone groups is 1. The van der Waals surface area contributed by atoms with E-state index in [1.54, 1.807) is 0 Å². The highest BCUT2D eigenvalue weighted by molar-refractivity contribution is 7.91. The maximum absolute atomic E-state index is 12.7. The van der Waals surface area contributed by atoms with Crippen molar-refractivity contribution in [1.82, 2.24) is 9.80 Å². The molecule has 1 aromatic rings. The van der Waals surface area contributed by atoms with Crippen LogP contribution in [0.3, 0.4) is 0 Å². The van der Waals surface area contributed by atoms with E-state index in [1.165, 1.54) is 0 Å². The van der Waals surface area contributed by atoms with Crippen molar-refractivity contribution in [2.75, 3.05) is 31.1 Å². The molecule has 2 rings (SSSR count). The number of benzene rings is 1. The zero-order chi connectivity index (χ0) is 16.9. The van der Waals surface area contributed by atoms with Gasteiger partial charge in [0.2, 0.25) is 5.91 Å². The largest absolute Gasteiger partial charge is 0.335 e. The lowest BCUT2D eigenvalue weighted by Crippen LogP contribution is -2.48. The Bertz CT molecular complexity index is 602. The van der Waals surface area contributed by atoms with Crippen molar-refractivity contribution in [3.63, 3.8) is 0 Å². The maximum atomic E-state index is 12.7. The van der Waals surface area contributed by atoms with E-state index in [0.29, 0.717) is 26.2 Å².